The molecule has 0 aliphatic carbocycles. The number of ether oxygens (including phenoxy) is 1. The maximum Gasteiger partial charge on any atom is 0.293 e. The van der Waals surface area contributed by atoms with Gasteiger partial charge in [0.15, 0.2) is 4.90 Å². The third-order valence-corrected chi connectivity index (χ3v) is 4.20. The number of nitrogens with zero attached hydrogens (tertiary/aromatic N) is 1. The zero-order valence-corrected chi connectivity index (χ0v) is 12.2. The van der Waals surface area contributed by atoms with Gasteiger partial charge in [0.05, 0.1) is 18.1 Å². The first-order chi connectivity index (χ1) is 9.31. The Kier molecular flexibility index (Phi) is 5.43. The van der Waals surface area contributed by atoms with Crippen molar-refractivity contribution >= 4 is 15.7 Å². The van der Waals surface area contributed by atoms with E-state index in [0.717, 1.165) is 12.1 Å². The molecule has 2 N–H and O–H groups in total. The molecule has 0 saturated carbocycles. The number of benzene rings is 1. The molecule has 1 aromatic rings. The van der Waals surface area contributed by atoms with Crippen LogP contribution in [0.1, 0.15) is 6.92 Å². The van der Waals surface area contributed by atoms with E-state index in [9.17, 15) is 18.5 Å². The molecule has 0 radical (unpaired) electrons. The van der Waals surface area contributed by atoms with E-state index in [0.29, 0.717) is 0 Å². The van der Waals surface area contributed by atoms with E-state index >= 15 is 0 Å². The van der Waals surface area contributed by atoms with E-state index in [2.05, 4.69) is 10.0 Å². The number of hydrogen-bond acceptors (Lipinski definition) is 6. The standard InChI is InChI=1S/C11H17N3O5S/c1-8(12-2)7-13-20(17,18)11-5-4-9(19-3)6-10(11)14(15)16/h4-6,8,12-13H,7H2,1-3H3. The van der Waals surface area contributed by atoms with Gasteiger partial charge in [-0.2, -0.15) is 0 Å². The minimum Gasteiger partial charge on any atom is -0.497 e. The van der Waals surface area contributed by atoms with Crippen molar-refractivity contribution in [2.45, 2.75) is 17.9 Å². The molecular formula is C11H17N3O5S. The highest BCUT2D eigenvalue weighted by molar-refractivity contribution is 7.89. The third-order valence-electron chi connectivity index (χ3n) is 2.72. The van der Waals surface area contributed by atoms with Crippen LogP contribution < -0.4 is 14.8 Å². The van der Waals surface area contributed by atoms with Gasteiger partial charge in [0.25, 0.3) is 5.69 Å². The van der Waals surface area contributed by atoms with Crippen LogP contribution in [-0.4, -0.2) is 40.1 Å². The van der Waals surface area contributed by atoms with Crippen LogP contribution in [0.4, 0.5) is 5.69 Å². The Labute approximate surface area is 117 Å². The van der Waals surface area contributed by atoms with Crippen LogP contribution in [0.15, 0.2) is 23.1 Å². The molecule has 0 fully saturated rings. The fourth-order valence-electron chi connectivity index (χ4n) is 1.41. The van der Waals surface area contributed by atoms with Crippen LogP contribution in [0, 0.1) is 10.1 Å². The minimum atomic E-state index is -3.95. The van der Waals surface area contributed by atoms with Crippen molar-refractivity contribution in [3.05, 3.63) is 28.3 Å². The highest BCUT2D eigenvalue weighted by atomic mass is 32.2. The molecule has 20 heavy (non-hydrogen) atoms. The second-order valence-corrected chi connectivity index (χ2v) is 5.87. The topological polar surface area (TPSA) is 111 Å². The predicted molar refractivity (Wildman–Crippen MR) is 73.4 cm³/mol. The molecule has 1 aromatic carbocycles. The summed E-state index contributed by atoms with van der Waals surface area (Å²) in [6.07, 6.45) is 0. The zero-order valence-electron chi connectivity index (χ0n) is 11.4. The maximum absolute atomic E-state index is 12.1. The van der Waals surface area contributed by atoms with Gasteiger partial charge in [-0.05, 0) is 26.1 Å². The molecule has 0 spiro atoms. The molecule has 9 heteroatoms. The number of methoxy groups -OCH3 is 1. The monoisotopic (exact) mass is 303 g/mol. The molecule has 0 aliphatic rings. The quantitative estimate of drug-likeness (QED) is 0.560. The number of likely N-dealkylation sites (N-methyl/N-ethyl adjacent to an activating group) is 1. The van der Waals surface area contributed by atoms with Crippen molar-refractivity contribution in [1.82, 2.24) is 10.0 Å². The van der Waals surface area contributed by atoms with Crippen LogP contribution in [0.3, 0.4) is 0 Å². The summed E-state index contributed by atoms with van der Waals surface area (Å²) < 4.78 is 31.4. The summed E-state index contributed by atoms with van der Waals surface area (Å²) in [6, 6.07) is 3.50. The van der Waals surface area contributed by atoms with E-state index in [-0.39, 0.29) is 23.2 Å². The second kappa shape index (κ2) is 6.64. The van der Waals surface area contributed by atoms with Gasteiger partial charge in [-0.3, -0.25) is 10.1 Å². The number of rotatable bonds is 7. The van der Waals surface area contributed by atoms with Crippen LogP contribution >= 0.6 is 0 Å². The van der Waals surface area contributed by atoms with Gasteiger partial charge in [0.2, 0.25) is 10.0 Å². The summed E-state index contributed by atoms with van der Waals surface area (Å²) in [7, 11) is -0.917. The molecule has 0 saturated heterocycles. The number of nitro groups is 1. The Morgan fingerprint density at radius 2 is 2.10 bits per heavy atom. The lowest BCUT2D eigenvalue weighted by Crippen LogP contribution is -2.37. The molecule has 0 aliphatic heterocycles. The molecule has 0 heterocycles. The minimum absolute atomic E-state index is 0.0953. The van der Waals surface area contributed by atoms with Gasteiger partial charge in [-0.15, -0.1) is 0 Å². The van der Waals surface area contributed by atoms with Crippen molar-refractivity contribution in [3.63, 3.8) is 0 Å². The van der Waals surface area contributed by atoms with Crippen LogP contribution in [0.25, 0.3) is 0 Å². The van der Waals surface area contributed by atoms with E-state index in [1.165, 1.54) is 13.2 Å². The van der Waals surface area contributed by atoms with E-state index in [4.69, 9.17) is 4.74 Å². The SMILES string of the molecule is CNC(C)CNS(=O)(=O)c1ccc(OC)cc1[N+](=O)[O-]. The first-order valence-corrected chi connectivity index (χ1v) is 7.29. The van der Waals surface area contributed by atoms with Crippen molar-refractivity contribution in [2.75, 3.05) is 20.7 Å². The van der Waals surface area contributed by atoms with Gasteiger partial charge in [-0.1, -0.05) is 0 Å². The van der Waals surface area contributed by atoms with Crippen LogP contribution in [-0.2, 0) is 10.0 Å². The molecule has 1 unspecified atom stereocenters. The van der Waals surface area contributed by atoms with Crippen molar-refractivity contribution in [2.24, 2.45) is 0 Å². The van der Waals surface area contributed by atoms with Crippen molar-refractivity contribution < 1.29 is 18.1 Å². The number of nitro benzene ring substituents is 1. The summed E-state index contributed by atoms with van der Waals surface area (Å²) in [5.74, 6) is 0.222. The van der Waals surface area contributed by atoms with Gasteiger partial charge in [0, 0.05) is 12.6 Å². The molecule has 0 aromatic heterocycles. The maximum atomic E-state index is 12.1. The average molecular weight is 303 g/mol. The number of nitrogens with one attached hydrogen (secondary N) is 2. The molecule has 112 valence electrons. The Balaban J connectivity index is 3.14. The van der Waals surface area contributed by atoms with Crippen LogP contribution in [0.2, 0.25) is 0 Å². The fraction of sp³-hybridized carbons (Fsp3) is 0.455. The Hall–Kier alpha value is -1.71. The normalized spacial score (nSPS) is 12.9. The second-order valence-electron chi connectivity index (χ2n) is 4.13. The largest absolute Gasteiger partial charge is 0.497 e. The van der Waals surface area contributed by atoms with Crippen molar-refractivity contribution in [3.8, 4) is 5.75 Å². The predicted octanol–water partition coefficient (Wildman–Crippen LogP) is 0.490. The molecule has 1 rings (SSSR count). The van der Waals surface area contributed by atoms with E-state index < -0.39 is 20.6 Å². The zero-order chi connectivity index (χ0) is 15.3. The van der Waals surface area contributed by atoms with Crippen molar-refractivity contribution in [1.29, 1.82) is 0 Å². The smallest absolute Gasteiger partial charge is 0.293 e. The Bertz CT molecular complexity index is 588. The highest BCUT2D eigenvalue weighted by Gasteiger charge is 2.26. The Morgan fingerprint density at radius 3 is 2.60 bits per heavy atom. The molecule has 8 nitrogen and oxygen atoms in total. The molecule has 0 amide bonds. The van der Waals surface area contributed by atoms with Gasteiger partial charge < -0.3 is 10.1 Å². The first-order valence-electron chi connectivity index (χ1n) is 5.81. The number of sulfonamides is 1. The summed E-state index contributed by atoms with van der Waals surface area (Å²) >= 11 is 0. The lowest BCUT2D eigenvalue weighted by Gasteiger charge is -2.12. The van der Waals surface area contributed by atoms with E-state index in [1.54, 1.807) is 14.0 Å². The summed E-state index contributed by atoms with van der Waals surface area (Å²) in [4.78, 5) is 9.84. The fourth-order valence-corrected chi connectivity index (χ4v) is 2.69. The Morgan fingerprint density at radius 1 is 1.45 bits per heavy atom. The average Bonchev–Trinajstić information content (AvgIpc) is 2.43. The van der Waals surface area contributed by atoms with E-state index in [1.807, 2.05) is 0 Å². The lowest BCUT2D eigenvalue weighted by atomic mass is 10.3. The summed E-state index contributed by atoms with van der Waals surface area (Å²) in [5, 5.41) is 13.8. The molecule has 0 bridgehead atoms. The summed E-state index contributed by atoms with van der Waals surface area (Å²) in [6.45, 7) is 1.91. The molecular weight excluding hydrogens is 286 g/mol. The third kappa shape index (κ3) is 3.89. The highest BCUT2D eigenvalue weighted by Crippen LogP contribution is 2.28. The van der Waals surface area contributed by atoms with Gasteiger partial charge >= 0.3 is 0 Å². The lowest BCUT2D eigenvalue weighted by molar-refractivity contribution is -0.387. The van der Waals surface area contributed by atoms with Gasteiger partial charge in [0.1, 0.15) is 5.75 Å². The molecule has 1 atom stereocenters. The first kappa shape index (κ1) is 16.3. The summed E-state index contributed by atoms with van der Waals surface area (Å²) in [5.41, 5.74) is -0.519. The van der Waals surface area contributed by atoms with Gasteiger partial charge in [-0.25, -0.2) is 13.1 Å². The van der Waals surface area contributed by atoms with Crippen LogP contribution in [0.5, 0.6) is 5.75 Å². The number of hydrogen-bond donors (Lipinski definition) is 2.